The van der Waals surface area contributed by atoms with E-state index in [-0.39, 0.29) is 6.03 Å². The van der Waals surface area contributed by atoms with Gasteiger partial charge in [0, 0.05) is 57.2 Å². The number of likely N-dealkylation sites (tertiary alicyclic amines) is 1. The summed E-state index contributed by atoms with van der Waals surface area (Å²) < 4.78 is 4.35. The second kappa shape index (κ2) is 8.18. The maximum absolute atomic E-state index is 12.5. The van der Waals surface area contributed by atoms with Gasteiger partial charge in [0.25, 0.3) is 0 Å². The first-order valence-corrected chi connectivity index (χ1v) is 11.1. The Kier molecular flexibility index (Phi) is 5.26. The number of piperidine rings is 1. The molecule has 5 rings (SSSR count). The van der Waals surface area contributed by atoms with Gasteiger partial charge in [-0.2, -0.15) is 0 Å². The summed E-state index contributed by atoms with van der Waals surface area (Å²) in [5.74, 6) is 0. The van der Waals surface area contributed by atoms with Gasteiger partial charge in [-0.1, -0.05) is 18.1 Å². The molecule has 8 heteroatoms. The SMILES string of the molecule is O=C(NC1CCCC1)N1CCC(n2cc(CN3CCn4cccc4C3)nn2)CC1. The molecular formula is C21H31N7O. The average Bonchev–Trinajstić information content (AvgIpc) is 3.50. The number of fused-ring (bicyclic) bond motifs is 1. The summed E-state index contributed by atoms with van der Waals surface area (Å²) in [7, 11) is 0. The van der Waals surface area contributed by atoms with E-state index in [9.17, 15) is 4.79 Å². The molecule has 0 atom stereocenters. The molecule has 1 N–H and O–H groups in total. The lowest BCUT2D eigenvalue weighted by Crippen LogP contribution is -2.47. The van der Waals surface area contributed by atoms with E-state index < -0.39 is 0 Å². The lowest BCUT2D eigenvalue weighted by Gasteiger charge is -2.32. The van der Waals surface area contributed by atoms with Gasteiger partial charge >= 0.3 is 6.03 Å². The van der Waals surface area contributed by atoms with Gasteiger partial charge in [0.1, 0.15) is 0 Å². The van der Waals surface area contributed by atoms with Crippen LogP contribution in [0.3, 0.4) is 0 Å². The number of carbonyl (C=O) groups is 1. The summed E-state index contributed by atoms with van der Waals surface area (Å²) in [5, 5.41) is 12.0. The molecule has 0 aromatic carbocycles. The van der Waals surface area contributed by atoms with Crippen LogP contribution in [-0.2, 0) is 19.6 Å². The molecule has 8 nitrogen and oxygen atoms in total. The predicted octanol–water partition coefficient (Wildman–Crippen LogP) is 2.38. The van der Waals surface area contributed by atoms with Crippen molar-refractivity contribution in [1.82, 2.24) is 34.7 Å². The molecule has 2 aromatic rings. The standard InChI is InChI=1S/C21H31N7O/c29-21(22-17-4-1-2-5-17)27-10-7-19(8-11-27)28-15-18(23-24-28)14-25-12-13-26-9-3-6-20(26)16-25/h3,6,9,15,17,19H,1-2,4-5,7-8,10-14,16H2,(H,22,29). The lowest BCUT2D eigenvalue weighted by molar-refractivity contribution is 0.165. The number of nitrogens with one attached hydrogen (secondary N) is 1. The van der Waals surface area contributed by atoms with Crippen LogP contribution in [0.25, 0.3) is 0 Å². The number of carbonyl (C=O) groups excluding carboxylic acids is 1. The van der Waals surface area contributed by atoms with Gasteiger partial charge in [-0.15, -0.1) is 5.10 Å². The maximum Gasteiger partial charge on any atom is 0.317 e. The van der Waals surface area contributed by atoms with Crippen LogP contribution in [0.4, 0.5) is 4.79 Å². The van der Waals surface area contributed by atoms with Crippen molar-refractivity contribution < 1.29 is 4.79 Å². The van der Waals surface area contributed by atoms with Crippen LogP contribution in [0.1, 0.15) is 56.0 Å². The summed E-state index contributed by atoms with van der Waals surface area (Å²) >= 11 is 0. The highest BCUT2D eigenvalue weighted by atomic mass is 16.2. The molecule has 0 spiro atoms. The monoisotopic (exact) mass is 397 g/mol. The van der Waals surface area contributed by atoms with Crippen LogP contribution >= 0.6 is 0 Å². The molecule has 0 unspecified atom stereocenters. The number of nitrogens with zero attached hydrogens (tertiary/aromatic N) is 6. The summed E-state index contributed by atoms with van der Waals surface area (Å²) in [5.41, 5.74) is 2.40. The Morgan fingerprint density at radius 1 is 1.10 bits per heavy atom. The summed E-state index contributed by atoms with van der Waals surface area (Å²) in [6.07, 6.45) is 10.9. The number of aromatic nitrogens is 4. The fraction of sp³-hybridized carbons (Fsp3) is 0.667. The number of rotatable bonds is 4. The minimum atomic E-state index is 0.115. The number of hydrogen-bond donors (Lipinski definition) is 1. The Hall–Kier alpha value is -2.35. The van der Waals surface area contributed by atoms with Crippen molar-refractivity contribution in [2.24, 2.45) is 0 Å². The van der Waals surface area contributed by atoms with Gasteiger partial charge < -0.3 is 14.8 Å². The molecule has 2 aliphatic heterocycles. The number of hydrogen-bond acceptors (Lipinski definition) is 4. The molecule has 0 bridgehead atoms. The van der Waals surface area contributed by atoms with Gasteiger partial charge in [-0.05, 0) is 37.8 Å². The fourth-order valence-corrected chi connectivity index (χ4v) is 4.97. The van der Waals surface area contributed by atoms with Gasteiger partial charge in [0.15, 0.2) is 0 Å². The van der Waals surface area contributed by atoms with Crippen LogP contribution in [0, 0.1) is 0 Å². The molecule has 0 radical (unpaired) electrons. The Bertz CT molecular complexity index is 830. The van der Waals surface area contributed by atoms with Gasteiger partial charge in [0.05, 0.1) is 17.9 Å². The largest absolute Gasteiger partial charge is 0.349 e. The minimum Gasteiger partial charge on any atom is -0.349 e. The average molecular weight is 398 g/mol. The molecule has 3 aliphatic rings. The number of amides is 2. The van der Waals surface area contributed by atoms with E-state index in [1.54, 1.807) is 0 Å². The first-order chi connectivity index (χ1) is 14.2. The Balaban J connectivity index is 1.11. The van der Waals surface area contributed by atoms with E-state index in [2.05, 4.69) is 49.6 Å². The Labute approximate surface area is 171 Å². The highest BCUT2D eigenvalue weighted by Gasteiger charge is 2.27. The highest BCUT2D eigenvalue weighted by Crippen LogP contribution is 2.23. The Morgan fingerprint density at radius 2 is 1.93 bits per heavy atom. The molecule has 156 valence electrons. The molecular weight excluding hydrogens is 366 g/mol. The van der Waals surface area contributed by atoms with Crippen LogP contribution in [-0.4, -0.2) is 61.1 Å². The lowest BCUT2D eigenvalue weighted by atomic mass is 10.1. The van der Waals surface area contributed by atoms with Gasteiger partial charge in [0.2, 0.25) is 0 Å². The van der Waals surface area contributed by atoms with Crippen molar-refractivity contribution in [3.05, 3.63) is 35.9 Å². The molecule has 2 amide bonds. The van der Waals surface area contributed by atoms with E-state index in [0.717, 1.165) is 70.6 Å². The first-order valence-electron chi connectivity index (χ1n) is 11.1. The number of urea groups is 1. The zero-order chi connectivity index (χ0) is 19.6. The second-order valence-corrected chi connectivity index (χ2v) is 8.74. The molecule has 29 heavy (non-hydrogen) atoms. The van der Waals surface area contributed by atoms with Crippen molar-refractivity contribution in [1.29, 1.82) is 0 Å². The van der Waals surface area contributed by atoms with E-state index >= 15 is 0 Å². The predicted molar refractivity (Wildman–Crippen MR) is 109 cm³/mol. The zero-order valence-electron chi connectivity index (χ0n) is 17.0. The van der Waals surface area contributed by atoms with Crippen molar-refractivity contribution in [3.8, 4) is 0 Å². The van der Waals surface area contributed by atoms with Crippen LogP contribution in [0.2, 0.25) is 0 Å². The van der Waals surface area contributed by atoms with Crippen molar-refractivity contribution in [2.75, 3.05) is 19.6 Å². The van der Waals surface area contributed by atoms with E-state index in [1.165, 1.54) is 18.5 Å². The van der Waals surface area contributed by atoms with E-state index in [4.69, 9.17) is 0 Å². The third-order valence-corrected chi connectivity index (χ3v) is 6.72. The van der Waals surface area contributed by atoms with E-state index in [0.29, 0.717) is 12.1 Å². The summed E-state index contributed by atoms with van der Waals surface area (Å²) in [4.78, 5) is 16.9. The Morgan fingerprint density at radius 3 is 2.76 bits per heavy atom. The van der Waals surface area contributed by atoms with Crippen LogP contribution < -0.4 is 5.32 Å². The highest BCUT2D eigenvalue weighted by molar-refractivity contribution is 5.74. The van der Waals surface area contributed by atoms with Crippen LogP contribution in [0.15, 0.2) is 24.5 Å². The molecule has 2 fully saturated rings. The third kappa shape index (κ3) is 4.17. The topological polar surface area (TPSA) is 71.2 Å². The molecule has 1 saturated carbocycles. The first kappa shape index (κ1) is 18.7. The maximum atomic E-state index is 12.5. The quantitative estimate of drug-likeness (QED) is 0.860. The van der Waals surface area contributed by atoms with Gasteiger partial charge in [-0.25, -0.2) is 9.48 Å². The summed E-state index contributed by atoms with van der Waals surface area (Å²) in [6, 6.07) is 5.15. The van der Waals surface area contributed by atoms with Crippen molar-refractivity contribution in [2.45, 2.75) is 70.2 Å². The normalized spacial score (nSPS) is 21.4. The minimum absolute atomic E-state index is 0.115. The van der Waals surface area contributed by atoms with Gasteiger partial charge in [-0.3, -0.25) is 4.90 Å². The van der Waals surface area contributed by atoms with Crippen molar-refractivity contribution in [3.63, 3.8) is 0 Å². The second-order valence-electron chi connectivity index (χ2n) is 8.74. The third-order valence-electron chi connectivity index (χ3n) is 6.72. The van der Waals surface area contributed by atoms with Crippen LogP contribution in [0.5, 0.6) is 0 Å². The van der Waals surface area contributed by atoms with Crippen molar-refractivity contribution >= 4 is 6.03 Å². The summed E-state index contributed by atoms with van der Waals surface area (Å²) in [6.45, 7) is 5.48. The molecule has 2 aromatic heterocycles. The molecule has 1 saturated heterocycles. The zero-order valence-corrected chi connectivity index (χ0v) is 17.0. The smallest absolute Gasteiger partial charge is 0.317 e. The van der Waals surface area contributed by atoms with E-state index in [1.807, 2.05) is 9.58 Å². The molecule has 4 heterocycles. The fourth-order valence-electron chi connectivity index (χ4n) is 4.97. The molecule has 1 aliphatic carbocycles.